The van der Waals surface area contributed by atoms with Crippen LogP contribution in [0.4, 0.5) is 10.1 Å². The number of ether oxygens (including phenoxy) is 1. The van der Waals surface area contributed by atoms with Crippen LogP contribution in [0, 0.1) is 5.82 Å². The molecule has 0 saturated heterocycles. The van der Waals surface area contributed by atoms with Crippen LogP contribution in [-0.4, -0.2) is 17.1 Å². The van der Waals surface area contributed by atoms with Crippen molar-refractivity contribution in [1.29, 1.82) is 0 Å². The molecule has 0 aliphatic heterocycles. The summed E-state index contributed by atoms with van der Waals surface area (Å²) in [5.74, 6) is 1.28. The quantitative estimate of drug-likeness (QED) is 0.629. The fourth-order valence-corrected chi connectivity index (χ4v) is 2.75. The van der Waals surface area contributed by atoms with Gasteiger partial charge in [0.05, 0.1) is 19.9 Å². The number of nitrogens with zero attached hydrogens (tertiary/aromatic N) is 1. The second-order valence-electron chi connectivity index (χ2n) is 5.72. The van der Waals surface area contributed by atoms with E-state index in [2.05, 4.69) is 5.32 Å². The Morgan fingerprint density at radius 3 is 2.62 bits per heavy atom. The minimum absolute atomic E-state index is 0.261. The summed E-state index contributed by atoms with van der Waals surface area (Å²) in [5.41, 5.74) is 1.78. The van der Waals surface area contributed by atoms with Crippen molar-refractivity contribution in [2.24, 2.45) is 0 Å². The largest absolute Gasteiger partial charge is 0.497 e. The maximum Gasteiger partial charge on any atom is 0.174 e. The van der Waals surface area contributed by atoms with Gasteiger partial charge in [0.15, 0.2) is 5.11 Å². The first kappa shape index (κ1) is 17.9. The van der Waals surface area contributed by atoms with Crippen molar-refractivity contribution in [3.63, 3.8) is 0 Å². The van der Waals surface area contributed by atoms with Crippen LogP contribution in [0.2, 0.25) is 0 Å². The highest BCUT2D eigenvalue weighted by Gasteiger charge is 2.13. The second kappa shape index (κ2) is 8.49. The molecule has 134 valence electrons. The molecule has 1 heterocycles. The van der Waals surface area contributed by atoms with Gasteiger partial charge in [0.2, 0.25) is 0 Å². The Morgan fingerprint density at radius 2 is 1.92 bits per heavy atom. The van der Waals surface area contributed by atoms with Gasteiger partial charge in [0.25, 0.3) is 0 Å². The number of hydrogen-bond acceptors (Lipinski definition) is 3. The van der Waals surface area contributed by atoms with E-state index in [1.54, 1.807) is 25.5 Å². The van der Waals surface area contributed by atoms with Gasteiger partial charge in [0.1, 0.15) is 17.3 Å². The van der Waals surface area contributed by atoms with E-state index in [1.165, 1.54) is 12.1 Å². The molecule has 4 nitrogen and oxygen atoms in total. The van der Waals surface area contributed by atoms with Crippen molar-refractivity contribution in [3.8, 4) is 5.75 Å². The van der Waals surface area contributed by atoms with Gasteiger partial charge in [-0.1, -0.05) is 18.2 Å². The molecule has 0 fully saturated rings. The number of methoxy groups -OCH3 is 1. The Hall–Kier alpha value is -2.86. The zero-order valence-corrected chi connectivity index (χ0v) is 15.1. The maximum absolute atomic E-state index is 13.2. The number of rotatable bonds is 6. The van der Waals surface area contributed by atoms with Crippen molar-refractivity contribution in [2.75, 3.05) is 12.4 Å². The summed E-state index contributed by atoms with van der Waals surface area (Å²) in [6, 6.07) is 17.7. The van der Waals surface area contributed by atoms with E-state index < -0.39 is 0 Å². The summed E-state index contributed by atoms with van der Waals surface area (Å²) in [6.07, 6.45) is 1.63. The molecule has 0 amide bonds. The molecule has 3 rings (SSSR count). The first-order chi connectivity index (χ1) is 12.6. The molecule has 0 atom stereocenters. The van der Waals surface area contributed by atoms with Crippen LogP contribution in [-0.2, 0) is 13.1 Å². The number of nitrogens with one attached hydrogen (secondary N) is 1. The molecule has 2 aromatic carbocycles. The van der Waals surface area contributed by atoms with Crippen molar-refractivity contribution in [1.82, 2.24) is 4.90 Å². The molecule has 0 radical (unpaired) electrons. The predicted octanol–water partition coefficient (Wildman–Crippen LogP) is 4.83. The van der Waals surface area contributed by atoms with Gasteiger partial charge in [-0.3, -0.25) is 0 Å². The average Bonchev–Trinajstić information content (AvgIpc) is 3.16. The van der Waals surface area contributed by atoms with Gasteiger partial charge >= 0.3 is 0 Å². The van der Waals surface area contributed by atoms with Crippen LogP contribution < -0.4 is 10.1 Å². The number of thiocarbonyl (C=S) groups is 1. The van der Waals surface area contributed by atoms with Gasteiger partial charge < -0.3 is 19.4 Å². The monoisotopic (exact) mass is 370 g/mol. The van der Waals surface area contributed by atoms with Crippen molar-refractivity contribution >= 4 is 23.0 Å². The van der Waals surface area contributed by atoms with Crippen LogP contribution in [0.15, 0.2) is 71.3 Å². The molecule has 1 N–H and O–H groups in total. The van der Waals surface area contributed by atoms with E-state index in [4.69, 9.17) is 21.4 Å². The lowest BCUT2D eigenvalue weighted by Crippen LogP contribution is -2.33. The molecule has 0 aliphatic rings. The van der Waals surface area contributed by atoms with Crippen LogP contribution in [0.1, 0.15) is 11.3 Å². The number of benzene rings is 2. The lowest BCUT2D eigenvalue weighted by Gasteiger charge is -2.25. The van der Waals surface area contributed by atoms with E-state index in [9.17, 15) is 4.39 Å². The molecule has 0 spiro atoms. The minimum Gasteiger partial charge on any atom is -0.497 e. The number of halogens is 1. The predicted molar refractivity (Wildman–Crippen MR) is 104 cm³/mol. The molecule has 3 aromatic rings. The molecular weight excluding hydrogens is 351 g/mol. The summed E-state index contributed by atoms with van der Waals surface area (Å²) in [7, 11) is 1.62. The molecule has 26 heavy (non-hydrogen) atoms. The summed E-state index contributed by atoms with van der Waals surface area (Å²) >= 11 is 5.59. The molecule has 0 saturated carbocycles. The standard InChI is InChI=1S/C20H19FN2O2S/c1-24-18-5-2-4-17(12-18)22-20(26)23(14-19-6-3-11-25-19)13-15-7-9-16(21)10-8-15/h2-12H,13-14H2,1H3,(H,22,26). The van der Waals surface area contributed by atoms with Crippen molar-refractivity contribution in [3.05, 3.63) is 84.1 Å². The number of hydrogen-bond donors (Lipinski definition) is 1. The van der Waals surface area contributed by atoms with Crippen LogP contribution in [0.5, 0.6) is 5.75 Å². The second-order valence-corrected chi connectivity index (χ2v) is 6.11. The summed E-state index contributed by atoms with van der Waals surface area (Å²) in [6.45, 7) is 1.02. The summed E-state index contributed by atoms with van der Waals surface area (Å²) in [5, 5.41) is 3.76. The van der Waals surface area contributed by atoms with Gasteiger partial charge in [-0.05, 0) is 54.2 Å². The number of anilines is 1. The van der Waals surface area contributed by atoms with E-state index in [0.29, 0.717) is 18.2 Å². The fourth-order valence-electron chi connectivity index (χ4n) is 2.50. The Kier molecular flexibility index (Phi) is 5.86. The normalized spacial score (nSPS) is 10.4. The molecule has 0 aliphatic carbocycles. The Balaban J connectivity index is 1.76. The van der Waals surface area contributed by atoms with Crippen molar-refractivity contribution in [2.45, 2.75) is 13.1 Å². The smallest absolute Gasteiger partial charge is 0.174 e. The zero-order chi connectivity index (χ0) is 18.4. The fraction of sp³-hybridized carbons (Fsp3) is 0.150. The lowest BCUT2D eigenvalue weighted by atomic mass is 10.2. The molecular formula is C20H19FN2O2S. The van der Waals surface area contributed by atoms with Gasteiger partial charge in [-0.25, -0.2) is 4.39 Å². The summed E-state index contributed by atoms with van der Waals surface area (Å²) < 4.78 is 23.9. The van der Waals surface area contributed by atoms with E-state index in [1.807, 2.05) is 41.3 Å². The molecule has 1 aromatic heterocycles. The highest BCUT2D eigenvalue weighted by molar-refractivity contribution is 7.80. The Labute approximate surface area is 157 Å². The zero-order valence-electron chi connectivity index (χ0n) is 14.3. The van der Waals surface area contributed by atoms with E-state index >= 15 is 0 Å². The highest BCUT2D eigenvalue weighted by atomic mass is 32.1. The topological polar surface area (TPSA) is 37.6 Å². The SMILES string of the molecule is COc1cccc(NC(=S)N(Cc2ccc(F)cc2)Cc2ccco2)c1. The first-order valence-corrected chi connectivity index (χ1v) is 8.51. The van der Waals surface area contributed by atoms with Crippen LogP contribution in [0.3, 0.4) is 0 Å². The van der Waals surface area contributed by atoms with Crippen molar-refractivity contribution < 1.29 is 13.5 Å². The summed E-state index contributed by atoms with van der Waals surface area (Å²) in [4.78, 5) is 1.96. The van der Waals surface area contributed by atoms with Crippen LogP contribution in [0.25, 0.3) is 0 Å². The molecule has 6 heteroatoms. The van der Waals surface area contributed by atoms with Gasteiger partial charge in [0, 0.05) is 18.3 Å². The maximum atomic E-state index is 13.2. The third-order valence-corrected chi connectivity index (χ3v) is 4.18. The van der Waals surface area contributed by atoms with E-state index in [-0.39, 0.29) is 5.82 Å². The molecule has 0 bridgehead atoms. The third-order valence-electron chi connectivity index (χ3n) is 3.82. The highest BCUT2D eigenvalue weighted by Crippen LogP contribution is 2.19. The average molecular weight is 370 g/mol. The van der Waals surface area contributed by atoms with Gasteiger partial charge in [-0.15, -0.1) is 0 Å². The minimum atomic E-state index is -0.261. The lowest BCUT2D eigenvalue weighted by molar-refractivity contribution is 0.360. The van der Waals surface area contributed by atoms with Crippen LogP contribution >= 0.6 is 12.2 Å². The molecule has 0 unspecified atom stereocenters. The Morgan fingerprint density at radius 1 is 1.12 bits per heavy atom. The number of furan rings is 1. The van der Waals surface area contributed by atoms with E-state index in [0.717, 1.165) is 22.8 Å². The third kappa shape index (κ3) is 4.83. The van der Waals surface area contributed by atoms with Gasteiger partial charge in [-0.2, -0.15) is 0 Å². The Bertz CT molecular complexity index is 851. The first-order valence-electron chi connectivity index (χ1n) is 8.11.